The van der Waals surface area contributed by atoms with Gasteiger partial charge in [-0.25, -0.2) is 4.98 Å². The lowest BCUT2D eigenvalue weighted by atomic mass is 9.96. The SMILES string of the molecule is CCOc1ncccc1C1CCCCN1C(C)=O. The van der Waals surface area contributed by atoms with Crippen LogP contribution in [0.5, 0.6) is 5.88 Å². The molecule has 0 N–H and O–H groups in total. The minimum atomic E-state index is 0.117. The minimum absolute atomic E-state index is 0.117. The van der Waals surface area contributed by atoms with E-state index in [4.69, 9.17) is 4.74 Å². The Morgan fingerprint density at radius 1 is 1.56 bits per heavy atom. The van der Waals surface area contributed by atoms with Crippen LogP contribution in [0.2, 0.25) is 0 Å². The van der Waals surface area contributed by atoms with E-state index < -0.39 is 0 Å². The van der Waals surface area contributed by atoms with E-state index in [2.05, 4.69) is 4.98 Å². The van der Waals surface area contributed by atoms with Crippen LogP contribution in [0.15, 0.2) is 18.3 Å². The first-order valence-electron chi connectivity index (χ1n) is 6.59. The normalized spacial score (nSPS) is 19.7. The topological polar surface area (TPSA) is 42.4 Å². The Morgan fingerprint density at radius 2 is 2.39 bits per heavy atom. The van der Waals surface area contributed by atoms with Crippen molar-refractivity contribution in [2.45, 2.75) is 39.2 Å². The summed E-state index contributed by atoms with van der Waals surface area (Å²) in [6.45, 7) is 5.01. The lowest BCUT2D eigenvalue weighted by molar-refractivity contribution is -0.132. The van der Waals surface area contributed by atoms with E-state index in [1.807, 2.05) is 24.0 Å². The zero-order valence-corrected chi connectivity index (χ0v) is 11.1. The summed E-state index contributed by atoms with van der Waals surface area (Å²) in [4.78, 5) is 17.9. The van der Waals surface area contributed by atoms with Crippen molar-refractivity contribution < 1.29 is 9.53 Å². The van der Waals surface area contributed by atoms with Gasteiger partial charge in [0.05, 0.1) is 12.6 Å². The second-order valence-corrected chi connectivity index (χ2v) is 4.55. The van der Waals surface area contributed by atoms with Gasteiger partial charge in [-0.3, -0.25) is 4.79 Å². The van der Waals surface area contributed by atoms with Crippen molar-refractivity contribution in [3.63, 3.8) is 0 Å². The number of ether oxygens (including phenoxy) is 1. The van der Waals surface area contributed by atoms with E-state index >= 15 is 0 Å². The van der Waals surface area contributed by atoms with Gasteiger partial charge in [-0.05, 0) is 32.3 Å². The number of likely N-dealkylation sites (tertiary alicyclic amines) is 1. The van der Waals surface area contributed by atoms with Gasteiger partial charge in [0, 0.05) is 25.2 Å². The minimum Gasteiger partial charge on any atom is -0.478 e. The van der Waals surface area contributed by atoms with Crippen LogP contribution in [0.1, 0.15) is 44.7 Å². The predicted octanol–water partition coefficient (Wildman–Crippen LogP) is 2.55. The van der Waals surface area contributed by atoms with Crippen molar-refractivity contribution in [1.29, 1.82) is 0 Å². The first kappa shape index (κ1) is 12.9. The number of amides is 1. The molecule has 4 heteroatoms. The molecule has 1 atom stereocenters. The maximum absolute atomic E-state index is 11.7. The molecular weight excluding hydrogens is 228 g/mol. The summed E-state index contributed by atoms with van der Waals surface area (Å²) in [5.41, 5.74) is 1.04. The smallest absolute Gasteiger partial charge is 0.219 e. The molecule has 1 aliphatic rings. The fourth-order valence-corrected chi connectivity index (χ4v) is 2.55. The molecule has 1 unspecified atom stereocenters. The first-order chi connectivity index (χ1) is 8.74. The Bertz CT molecular complexity index is 420. The Morgan fingerprint density at radius 3 is 3.11 bits per heavy atom. The quantitative estimate of drug-likeness (QED) is 0.825. The highest BCUT2D eigenvalue weighted by Gasteiger charge is 2.28. The van der Waals surface area contributed by atoms with Crippen LogP contribution in [-0.4, -0.2) is 28.9 Å². The molecule has 0 saturated carbocycles. The van der Waals surface area contributed by atoms with Gasteiger partial charge in [-0.1, -0.05) is 6.07 Å². The summed E-state index contributed by atoms with van der Waals surface area (Å²) >= 11 is 0. The summed E-state index contributed by atoms with van der Waals surface area (Å²) < 4.78 is 5.57. The van der Waals surface area contributed by atoms with Gasteiger partial charge < -0.3 is 9.64 Å². The largest absolute Gasteiger partial charge is 0.478 e. The molecule has 1 aromatic rings. The number of hydrogen-bond acceptors (Lipinski definition) is 3. The molecule has 0 aromatic carbocycles. The molecule has 1 aromatic heterocycles. The molecule has 1 fully saturated rings. The Kier molecular flexibility index (Phi) is 4.18. The molecule has 1 aliphatic heterocycles. The van der Waals surface area contributed by atoms with Crippen LogP contribution in [0.3, 0.4) is 0 Å². The third kappa shape index (κ3) is 2.63. The van der Waals surface area contributed by atoms with Crippen molar-refractivity contribution in [1.82, 2.24) is 9.88 Å². The number of carbonyl (C=O) groups is 1. The fourth-order valence-electron chi connectivity index (χ4n) is 2.55. The maximum Gasteiger partial charge on any atom is 0.219 e. The summed E-state index contributed by atoms with van der Waals surface area (Å²) in [5, 5.41) is 0. The van der Waals surface area contributed by atoms with Crippen LogP contribution in [0, 0.1) is 0 Å². The zero-order valence-electron chi connectivity index (χ0n) is 11.1. The number of pyridine rings is 1. The van der Waals surface area contributed by atoms with Gasteiger partial charge in [-0.2, -0.15) is 0 Å². The van der Waals surface area contributed by atoms with Crippen LogP contribution >= 0.6 is 0 Å². The van der Waals surface area contributed by atoms with E-state index in [0.717, 1.165) is 31.4 Å². The molecule has 0 aliphatic carbocycles. The van der Waals surface area contributed by atoms with Crippen molar-refractivity contribution >= 4 is 5.91 Å². The Hall–Kier alpha value is -1.58. The van der Waals surface area contributed by atoms with Crippen molar-refractivity contribution in [2.24, 2.45) is 0 Å². The number of carbonyl (C=O) groups excluding carboxylic acids is 1. The van der Waals surface area contributed by atoms with Crippen LogP contribution < -0.4 is 4.74 Å². The van der Waals surface area contributed by atoms with Crippen molar-refractivity contribution in [2.75, 3.05) is 13.2 Å². The van der Waals surface area contributed by atoms with Crippen LogP contribution in [-0.2, 0) is 4.79 Å². The molecule has 1 saturated heterocycles. The number of piperidine rings is 1. The molecule has 2 heterocycles. The summed E-state index contributed by atoms with van der Waals surface area (Å²) in [6, 6.07) is 4.04. The molecule has 0 radical (unpaired) electrons. The highest BCUT2D eigenvalue weighted by molar-refractivity contribution is 5.74. The maximum atomic E-state index is 11.7. The molecule has 1 amide bonds. The molecule has 0 bridgehead atoms. The first-order valence-corrected chi connectivity index (χ1v) is 6.59. The number of rotatable bonds is 3. The lowest BCUT2D eigenvalue weighted by Gasteiger charge is -2.35. The van der Waals surface area contributed by atoms with Gasteiger partial charge in [0.15, 0.2) is 0 Å². The molecule has 98 valence electrons. The highest BCUT2D eigenvalue weighted by atomic mass is 16.5. The number of nitrogens with zero attached hydrogens (tertiary/aromatic N) is 2. The molecular formula is C14H20N2O2. The summed E-state index contributed by atoms with van der Waals surface area (Å²) in [6.07, 6.45) is 4.95. The Balaban J connectivity index is 2.30. The van der Waals surface area contributed by atoms with Gasteiger partial charge in [-0.15, -0.1) is 0 Å². The van der Waals surface area contributed by atoms with Gasteiger partial charge >= 0.3 is 0 Å². The number of aromatic nitrogens is 1. The van der Waals surface area contributed by atoms with Crippen molar-refractivity contribution in [3.8, 4) is 5.88 Å². The highest BCUT2D eigenvalue weighted by Crippen LogP contribution is 2.34. The summed E-state index contributed by atoms with van der Waals surface area (Å²) in [5.74, 6) is 0.796. The van der Waals surface area contributed by atoms with E-state index in [1.165, 1.54) is 0 Å². The standard InChI is InChI=1S/C14H20N2O2/c1-3-18-14-12(7-6-9-15-14)13-8-4-5-10-16(13)11(2)17/h6-7,9,13H,3-5,8,10H2,1-2H3. The third-order valence-corrected chi connectivity index (χ3v) is 3.35. The molecule has 2 rings (SSSR count). The average molecular weight is 248 g/mol. The van der Waals surface area contributed by atoms with E-state index in [1.54, 1.807) is 13.1 Å². The zero-order chi connectivity index (χ0) is 13.0. The van der Waals surface area contributed by atoms with Gasteiger partial charge in [0.2, 0.25) is 11.8 Å². The van der Waals surface area contributed by atoms with E-state index in [-0.39, 0.29) is 11.9 Å². The molecule has 18 heavy (non-hydrogen) atoms. The van der Waals surface area contributed by atoms with E-state index in [9.17, 15) is 4.79 Å². The number of hydrogen-bond donors (Lipinski definition) is 0. The predicted molar refractivity (Wildman–Crippen MR) is 69.4 cm³/mol. The Labute approximate surface area is 108 Å². The van der Waals surface area contributed by atoms with Gasteiger partial charge in [0.1, 0.15) is 0 Å². The lowest BCUT2D eigenvalue weighted by Crippen LogP contribution is -2.37. The van der Waals surface area contributed by atoms with E-state index in [0.29, 0.717) is 12.5 Å². The van der Waals surface area contributed by atoms with Gasteiger partial charge in [0.25, 0.3) is 0 Å². The summed E-state index contributed by atoms with van der Waals surface area (Å²) in [7, 11) is 0. The van der Waals surface area contributed by atoms with Crippen LogP contribution in [0.4, 0.5) is 0 Å². The molecule has 4 nitrogen and oxygen atoms in total. The second kappa shape index (κ2) is 5.85. The monoisotopic (exact) mass is 248 g/mol. The third-order valence-electron chi connectivity index (χ3n) is 3.35. The molecule has 0 spiro atoms. The fraction of sp³-hybridized carbons (Fsp3) is 0.571. The average Bonchev–Trinajstić information content (AvgIpc) is 2.40. The second-order valence-electron chi connectivity index (χ2n) is 4.55. The van der Waals surface area contributed by atoms with Crippen molar-refractivity contribution in [3.05, 3.63) is 23.9 Å². The van der Waals surface area contributed by atoms with Crippen LogP contribution in [0.25, 0.3) is 0 Å².